The second-order valence-corrected chi connectivity index (χ2v) is 3.34. The van der Waals surface area contributed by atoms with E-state index >= 15 is 0 Å². The molecule has 0 saturated carbocycles. The summed E-state index contributed by atoms with van der Waals surface area (Å²) in [6, 6.07) is 1.62. The van der Waals surface area contributed by atoms with Gasteiger partial charge < -0.3 is 5.32 Å². The average molecular weight is 197 g/mol. The van der Waals surface area contributed by atoms with Crippen molar-refractivity contribution in [2.24, 2.45) is 7.05 Å². The molecule has 1 aromatic heterocycles. The maximum Gasteiger partial charge on any atom is 0.329 e. The number of nitrogens with zero attached hydrogens (tertiary/aromatic N) is 1. The van der Waals surface area contributed by atoms with E-state index < -0.39 is 5.69 Å². The summed E-state index contributed by atoms with van der Waals surface area (Å²) in [5.74, 6) is 0.479. The molecule has 0 saturated heterocycles. The highest BCUT2D eigenvalue weighted by Gasteiger charge is 2.02. The minimum Gasteiger partial charge on any atom is -0.369 e. The molecule has 2 N–H and O–H groups in total. The van der Waals surface area contributed by atoms with Gasteiger partial charge in [-0.2, -0.15) is 0 Å². The molecule has 0 amide bonds. The van der Waals surface area contributed by atoms with Crippen LogP contribution in [-0.2, 0) is 7.05 Å². The molecular formula is C9H15N3O2. The summed E-state index contributed by atoms with van der Waals surface area (Å²) in [5, 5.41) is 3.03. The van der Waals surface area contributed by atoms with Crippen LogP contribution in [0.5, 0.6) is 0 Å². The van der Waals surface area contributed by atoms with Crippen LogP contribution in [0.3, 0.4) is 0 Å². The minimum absolute atomic E-state index is 0.234. The molecule has 5 nitrogen and oxygen atoms in total. The van der Waals surface area contributed by atoms with Crippen molar-refractivity contribution in [2.45, 2.75) is 26.3 Å². The Hall–Kier alpha value is -1.52. The van der Waals surface area contributed by atoms with Crippen molar-refractivity contribution in [3.05, 3.63) is 26.9 Å². The van der Waals surface area contributed by atoms with E-state index in [4.69, 9.17) is 0 Å². The van der Waals surface area contributed by atoms with E-state index in [9.17, 15) is 9.59 Å². The molecule has 0 fully saturated rings. The summed E-state index contributed by atoms with van der Waals surface area (Å²) < 4.78 is 1.03. The molecule has 0 spiro atoms. The lowest BCUT2D eigenvalue weighted by atomic mass is 10.2. The Kier molecular flexibility index (Phi) is 3.11. The van der Waals surface area contributed by atoms with Gasteiger partial charge in [-0.25, -0.2) is 4.79 Å². The fraction of sp³-hybridized carbons (Fsp3) is 0.556. The van der Waals surface area contributed by atoms with Crippen molar-refractivity contribution in [1.82, 2.24) is 9.55 Å². The Balaban J connectivity index is 3.02. The minimum atomic E-state index is -0.400. The van der Waals surface area contributed by atoms with Crippen LogP contribution in [0.4, 0.5) is 5.82 Å². The largest absolute Gasteiger partial charge is 0.369 e. The predicted molar refractivity (Wildman–Crippen MR) is 55.7 cm³/mol. The highest BCUT2D eigenvalue weighted by molar-refractivity contribution is 5.32. The van der Waals surface area contributed by atoms with Crippen LogP contribution in [0.25, 0.3) is 0 Å². The van der Waals surface area contributed by atoms with Crippen LogP contribution in [-0.4, -0.2) is 15.6 Å². The third-order valence-electron chi connectivity index (χ3n) is 2.16. The van der Waals surface area contributed by atoms with Gasteiger partial charge in [0.2, 0.25) is 0 Å². The van der Waals surface area contributed by atoms with Crippen LogP contribution >= 0.6 is 0 Å². The topological polar surface area (TPSA) is 66.9 Å². The van der Waals surface area contributed by atoms with Crippen LogP contribution < -0.4 is 16.6 Å². The highest BCUT2D eigenvalue weighted by atomic mass is 16.2. The fourth-order valence-electron chi connectivity index (χ4n) is 1.00. The zero-order valence-corrected chi connectivity index (χ0v) is 8.63. The Labute approximate surface area is 81.8 Å². The summed E-state index contributed by atoms with van der Waals surface area (Å²) in [6.07, 6.45) is 0.928. The molecule has 0 aromatic carbocycles. The Morgan fingerprint density at radius 3 is 2.71 bits per heavy atom. The van der Waals surface area contributed by atoms with Gasteiger partial charge in [-0.05, 0) is 13.3 Å². The predicted octanol–water partition coefficient (Wildman–Crippen LogP) is 0.284. The van der Waals surface area contributed by atoms with E-state index in [0.717, 1.165) is 11.0 Å². The van der Waals surface area contributed by atoms with Crippen molar-refractivity contribution in [2.75, 3.05) is 5.32 Å². The van der Waals surface area contributed by atoms with E-state index in [2.05, 4.69) is 10.3 Å². The zero-order valence-electron chi connectivity index (χ0n) is 8.63. The van der Waals surface area contributed by atoms with Crippen LogP contribution in [0, 0.1) is 0 Å². The van der Waals surface area contributed by atoms with E-state index in [1.807, 2.05) is 13.8 Å². The molecule has 0 aliphatic heterocycles. The Morgan fingerprint density at radius 2 is 2.21 bits per heavy atom. The average Bonchev–Trinajstić information content (AvgIpc) is 2.14. The lowest BCUT2D eigenvalue weighted by Crippen LogP contribution is -2.33. The summed E-state index contributed by atoms with van der Waals surface area (Å²) in [4.78, 5) is 25.0. The molecule has 0 aliphatic carbocycles. The van der Waals surface area contributed by atoms with Gasteiger partial charge in [-0.1, -0.05) is 6.92 Å². The van der Waals surface area contributed by atoms with E-state index in [-0.39, 0.29) is 11.6 Å². The van der Waals surface area contributed by atoms with Crippen molar-refractivity contribution in [3.8, 4) is 0 Å². The lowest BCUT2D eigenvalue weighted by Gasteiger charge is -2.12. The normalized spacial score (nSPS) is 12.5. The van der Waals surface area contributed by atoms with Crippen molar-refractivity contribution in [1.29, 1.82) is 0 Å². The Bertz CT molecular complexity index is 388. The molecule has 0 bridgehead atoms. The summed E-state index contributed by atoms with van der Waals surface area (Å²) in [5.41, 5.74) is -0.706. The second-order valence-electron chi connectivity index (χ2n) is 3.34. The number of aromatic nitrogens is 2. The second kappa shape index (κ2) is 4.13. The van der Waals surface area contributed by atoms with Gasteiger partial charge in [0.1, 0.15) is 5.82 Å². The van der Waals surface area contributed by atoms with Gasteiger partial charge in [0.25, 0.3) is 5.56 Å². The molecule has 5 heteroatoms. The summed E-state index contributed by atoms with van der Waals surface area (Å²) in [6.45, 7) is 4.01. The molecule has 1 heterocycles. The SMILES string of the molecule is CC[C@H](C)Nc1cc(=O)n(C)c(=O)[nH]1. The monoisotopic (exact) mass is 197 g/mol. The number of nitrogens with one attached hydrogen (secondary N) is 2. The quantitative estimate of drug-likeness (QED) is 0.731. The van der Waals surface area contributed by atoms with Gasteiger partial charge in [0, 0.05) is 19.2 Å². The van der Waals surface area contributed by atoms with E-state index in [0.29, 0.717) is 5.82 Å². The molecule has 1 rings (SSSR count). The van der Waals surface area contributed by atoms with E-state index in [1.54, 1.807) is 0 Å². The molecule has 14 heavy (non-hydrogen) atoms. The third kappa shape index (κ3) is 2.25. The first kappa shape index (κ1) is 10.6. The third-order valence-corrected chi connectivity index (χ3v) is 2.16. The van der Waals surface area contributed by atoms with Gasteiger partial charge in [-0.3, -0.25) is 14.3 Å². The summed E-state index contributed by atoms with van der Waals surface area (Å²) >= 11 is 0. The van der Waals surface area contributed by atoms with Gasteiger partial charge in [0.05, 0.1) is 0 Å². The first-order valence-corrected chi connectivity index (χ1v) is 4.61. The number of H-pyrrole nitrogens is 1. The van der Waals surface area contributed by atoms with Gasteiger partial charge >= 0.3 is 5.69 Å². The summed E-state index contributed by atoms with van der Waals surface area (Å²) in [7, 11) is 1.44. The molecule has 78 valence electrons. The Morgan fingerprint density at radius 1 is 1.57 bits per heavy atom. The molecule has 0 aliphatic rings. The van der Waals surface area contributed by atoms with Crippen molar-refractivity contribution in [3.63, 3.8) is 0 Å². The molecule has 0 radical (unpaired) electrons. The number of hydrogen-bond acceptors (Lipinski definition) is 3. The maximum absolute atomic E-state index is 11.2. The fourth-order valence-corrected chi connectivity index (χ4v) is 1.00. The highest BCUT2D eigenvalue weighted by Crippen LogP contribution is 1.99. The smallest absolute Gasteiger partial charge is 0.329 e. The van der Waals surface area contributed by atoms with Crippen LogP contribution in [0.15, 0.2) is 15.7 Å². The van der Waals surface area contributed by atoms with Gasteiger partial charge in [0.15, 0.2) is 0 Å². The molecular weight excluding hydrogens is 182 g/mol. The molecule has 1 atom stereocenters. The number of anilines is 1. The van der Waals surface area contributed by atoms with Crippen molar-refractivity contribution < 1.29 is 0 Å². The first-order chi connectivity index (χ1) is 6.54. The number of rotatable bonds is 3. The zero-order chi connectivity index (χ0) is 10.7. The van der Waals surface area contributed by atoms with Crippen molar-refractivity contribution >= 4 is 5.82 Å². The van der Waals surface area contributed by atoms with E-state index in [1.165, 1.54) is 13.1 Å². The standard InChI is InChI=1S/C9H15N3O2/c1-4-6(2)10-7-5-8(13)12(3)9(14)11-7/h5-6,10H,4H2,1-3H3,(H,11,14)/t6-/m0/s1. The van der Waals surface area contributed by atoms with Crippen LogP contribution in [0.1, 0.15) is 20.3 Å². The van der Waals surface area contributed by atoms with Crippen LogP contribution in [0.2, 0.25) is 0 Å². The number of aromatic amines is 1. The maximum atomic E-state index is 11.2. The van der Waals surface area contributed by atoms with Gasteiger partial charge in [-0.15, -0.1) is 0 Å². The molecule has 1 aromatic rings. The lowest BCUT2D eigenvalue weighted by molar-refractivity contribution is 0.738. The first-order valence-electron chi connectivity index (χ1n) is 4.61. The number of hydrogen-bond donors (Lipinski definition) is 2. The molecule has 0 unspecified atom stereocenters.